The summed E-state index contributed by atoms with van der Waals surface area (Å²) in [5, 5.41) is 8.39. The number of nitrogens with one attached hydrogen (secondary N) is 2. The van der Waals surface area contributed by atoms with Gasteiger partial charge in [-0.1, -0.05) is 18.2 Å². The topological polar surface area (TPSA) is 87.2 Å². The highest BCUT2D eigenvalue weighted by molar-refractivity contribution is 7.14. The minimum Gasteiger partial charge on any atom is -0.344 e. The fourth-order valence-corrected chi connectivity index (χ4v) is 3.66. The predicted molar refractivity (Wildman–Crippen MR) is 99.4 cm³/mol. The lowest BCUT2D eigenvalue weighted by Crippen LogP contribution is -2.39. The Morgan fingerprint density at radius 2 is 1.96 bits per heavy atom. The predicted octanol–water partition coefficient (Wildman–Crippen LogP) is 3.08. The van der Waals surface area contributed by atoms with Crippen LogP contribution in [0.5, 0.6) is 0 Å². The van der Waals surface area contributed by atoms with Gasteiger partial charge < -0.3 is 10.6 Å². The maximum Gasteiger partial charge on any atom is 0.256 e. The monoisotopic (exact) mass is 365 g/mol. The average molecular weight is 365 g/mol. The number of carbonyl (C=O) groups is 2. The second kappa shape index (κ2) is 6.57. The number of hydrogen-bond acceptors (Lipinski definition) is 6. The van der Waals surface area contributed by atoms with E-state index in [4.69, 9.17) is 0 Å². The van der Waals surface area contributed by atoms with Crippen LogP contribution in [0, 0.1) is 0 Å². The normalized spacial score (nSPS) is 15.6. The molecule has 1 aliphatic rings. The Labute approximate surface area is 153 Å². The highest BCUT2D eigenvalue weighted by atomic mass is 32.1. The molecule has 2 amide bonds. The molecule has 26 heavy (non-hydrogen) atoms. The molecule has 4 rings (SSSR count). The van der Waals surface area contributed by atoms with Crippen molar-refractivity contribution < 1.29 is 9.59 Å². The molecule has 0 radical (unpaired) electrons. The molecule has 3 heterocycles. The van der Waals surface area contributed by atoms with E-state index in [-0.39, 0.29) is 11.8 Å². The van der Waals surface area contributed by atoms with Gasteiger partial charge in [-0.15, -0.1) is 11.3 Å². The molecule has 7 nitrogen and oxygen atoms in total. The van der Waals surface area contributed by atoms with E-state index in [2.05, 4.69) is 20.6 Å². The van der Waals surface area contributed by atoms with Crippen molar-refractivity contribution >= 4 is 39.8 Å². The Bertz CT molecular complexity index is 972. The molecule has 2 N–H and O–H groups in total. The lowest BCUT2D eigenvalue weighted by atomic mass is 10.2. The molecular formula is C18H15N5O2S. The number of hydrogen-bond donors (Lipinski definition) is 2. The lowest BCUT2D eigenvalue weighted by Gasteiger charge is -2.25. The summed E-state index contributed by atoms with van der Waals surface area (Å²) in [7, 11) is 0. The molecule has 1 atom stereocenters. The fraction of sp³-hybridized carbons (Fsp3) is 0.111. The summed E-state index contributed by atoms with van der Waals surface area (Å²) >= 11 is 1.34. The van der Waals surface area contributed by atoms with Crippen LogP contribution in [0.25, 0.3) is 0 Å². The molecule has 0 saturated carbocycles. The highest BCUT2D eigenvalue weighted by Crippen LogP contribution is 2.32. The second-order valence-electron chi connectivity index (χ2n) is 5.70. The van der Waals surface area contributed by atoms with Gasteiger partial charge in [-0.25, -0.2) is 9.97 Å². The number of carbonyl (C=O) groups excluding carboxylic acids is 2. The van der Waals surface area contributed by atoms with Crippen molar-refractivity contribution in [3.63, 3.8) is 0 Å². The molecule has 130 valence electrons. The van der Waals surface area contributed by atoms with Gasteiger partial charge >= 0.3 is 0 Å². The number of fused-ring (bicyclic) bond motifs is 1. The van der Waals surface area contributed by atoms with E-state index in [1.54, 1.807) is 23.2 Å². The van der Waals surface area contributed by atoms with Crippen LogP contribution in [0.2, 0.25) is 0 Å². The summed E-state index contributed by atoms with van der Waals surface area (Å²) < 4.78 is 0. The maximum absolute atomic E-state index is 12.3. The first-order chi connectivity index (χ1) is 12.6. The number of thiazole rings is 1. The minimum atomic E-state index is -0.500. The van der Waals surface area contributed by atoms with Crippen LogP contribution < -0.4 is 15.5 Å². The van der Waals surface area contributed by atoms with Gasteiger partial charge in [0.15, 0.2) is 5.13 Å². The molecule has 0 aliphatic carbocycles. The second-order valence-corrected chi connectivity index (χ2v) is 6.53. The molecule has 8 heteroatoms. The minimum absolute atomic E-state index is 0.134. The van der Waals surface area contributed by atoms with E-state index >= 15 is 0 Å². The van der Waals surface area contributed by atoms with Crippen LogP contribution in [0.3, 0.4) is 0 Å². The Morgan fingerprint density at radius 3 is 2.73 bits per heavy atom. The van der Waals surface area contributed by atoms with Gasteiger partial charge in [-0.05, 0) is 24.3 Å². The molecule has 1 aromatic carbocycles. The van der Waals surface area contributed by atoms with Crippen LogP contribution in [-0.2, 0) is 4.79 Å². The van der Waals surface area contributed by atoms with E-state index in [1.165, 1.54) is 18.3 Å². The Morgan fingerprint density at radius 1 is 1.15 bits per heavy atom. The number of rotatable bonds is 3. The zero-order chi connectivity index (χ0) is 18.1. The van der Waals surface area contributed by atoms with Crippen molar-refractivity contribution in [1.82, 2.24) is 15.3 Å². The van der Waals surface area contributed by atoms with Gasteiger partial charge in [0.25, 0.3) is 5.91 Å². The molecule has 1 unspecified atom stereocenters. The number of anilines is 3. The van der Waals surface area contributed by atoms with Gasteiger partial charge in [-0.3, -0.25) is 14.5 Å². The molecule has 0 saturated heterocycles. The third-order valence-electron chi connectivity index (χ3n) is 3.93. The van der Waals surface area contributed by atoms with Crippen molar-refractivity contribution in [2.45, 2.75) is 13.1 Å². The van der Waals surface area contributed by atoms with E-state index in [9.17, 15) is 9.59 Å². The Hall–Kier alpha value is -3.26. The first-order valence-electron chi connectivity index (χ1n) is 7.97. The quantitative estimate of drug-likeness (QED) is 0.745. The Kier molecular flexibility index (Phi) is 4.10. The van der Waals surface area contributed by atoms with E-state index < -0.39 is 6.17 Å². The summed E-state index contributed by atoms with van der Waals surface area (Å²) in [4.78, 5) is 34.7. The molecule has 1 aliphatic heterocycles. The zero-order valence-corrected chi connectivity index (χ0v) is 14.7. The van der Waals surface area contributed by atoms with Crippen LogP contribution in [0.4, 0.5) is 16.6 Å². The van der Waals surface area contributed by atoms with Crippen molar-refractivity contribution in [3.05, 3.63) is 65.3 Å². The SMILES string of the molecule is CC(=O)N(c1ccccc1)c1nc(C2NC(=O)c3cccnc3N2)cs1. The first kappa shape index (κ1) is 16.2. The molecule has 2 aromatic heterocycles. The van der Waals surface area contributed by atoms with Crippen LogP contribution in [0.1, 0.15) is 29.1 Å². The van der Waals surface area contributed by atoms with E-state index in [0.717, 1.165) is 5.69 Å². The number of nitrogens with zero attached hydrogens (tertiary/aromatic N) is 3. The van der Waals surface area contributed by atoms with E-state index in [1.807, 2.05) is 35.7 Å². The van der Waals surface area contributed by atoms with Gasteiger partial charge in [0.1, 0.15) is 12.0 Å². The zero-order valence-electron chi connectivity index (χ0n) is 13.8. The summed E-state index contributed by atoms with van der Waals surface area (Å²) in [6.07, 6.45) is 1.13. The molecule has 0 fully saturated rings. The maximum atomic E-state index is 12.3. The van der Waals surface area contributed by atoms with E-state index in [0.29, 0.717) is 22.2 Å². The number of amides is 2. The number of aromatic nitrogens is 2. The van der Waals surface area contributed by atoms with Crippen molar-refractivity contribution in [3.8, 4) is 0 Å². The fourth-order valence-electron chi connectivity index (χ4n) is 2.75. The van der Waals surface area contributed by atoms with Gasteiger partial charge in [0.05, 0.1) is 16.9 Å². The molecule has 0 bridgehead atoms. The number of para-hydroxylation sites is 1. The van der Waals surface area contributed by atoms with Crippen LogP contribution in [0.15, 0.2) is 54.0 Å². The smallest absolute Gasteiger partial charge is 0.256 e. The third-order valence-corrected chi connectivity index (χ3v) is 4.78. The first-order valence-corrected chi connectivity index (χ1v) is 8.85. The summed E-state index contributed by atoms with van der Waals surface area (Å²) in [6, 6.07) is 12.7. The van der Waals surface area contributed by atoms with Crippen molar-refractivity contribution in [2.24, 2.45) is 0 Å². The van der Waals surface area contributed by atoms with Crippen molar-refractivity contribution in [1.29, 1.82) is 0 Å². The van der Waals surface area contributed by atoms with Crippen molar-refractivity contribution in [2.75, 3.05) is 10.2 Å². The third kappa shape index (κ3) is 2.91. The summed E-state index contributed by atoms with van der Waals surface area (Å²) in [6.45, 7) is 1.49. The molecule has 3 aromatic rings. The number of pyridine rings is 1. The molecular weight excluding hydrogens is 350 g/mol. The van der Waals surface area contributed by atoms with Gasteiger partial charge in [-0.2, -0.15) is 0 Å². The largest absolute Gasteiger partial charge is 0.344 e. The summed E-state index contributed by atoms with van der Waals surface area (Å²) in [5.41, 5.74) is 1.86. The molecule has 0 spiro atoms. The number of benzene rings is 1. The average Bonchev–Trinajstić information content (AvgIpc) is 3.12. The lowest BCUT2D eigenvalue weighted by molar-refractivity contribution is -0.115. The van der Waals surface area contributed by atoms with Crippen LogP contribution in [-0.4, -0.2) is 21.8 Å². The van der Waals surface area contributed by atoms with Gasteiger partial charge in [0, 0.05) is 18.5 Å². The summed E-state index contributed by atoms with van der Waals surface area (Å²) in [5.74, 6) is 0.171. The van der Waals surface area contributed by atoms with Gasteiger partial charge in [0.2, 0.25) is 5.91 Å². The van der Waals surface area contributed by atoms with Crippen LogP contribution >= 0.6 is 11.3 Å². The Balaban J connectivity index is 1.64. The standard InChI is InChI=1S/C18H15N5O2S/c1-11(24)23(12-6-3-2-4-7-12)18-20-14(10-26-18)16-21-15-13(17(25)22-16)8-5-9-19-15/h2-10,16H,1H3,(H,19,21)(H,22,25). The highest BCUT2D eigenvalue weighted by Gasteiger charge is 2.28.